The molecule has 0 bridgehead atoms. The first-order chi connectivity index (χ1) is 32.2. The van der Waals surface area contributed by atoms with E-state index in [1.165, 1.54) is 6.33 Å². The molecule has 0 radical (unpaired) electrons. The summed E-state index contributed by atoms with van der Waals surface area (Å²) in [7, 11) is 0. The SMILES string of the molecule is Cc1cc(-c2cc(Nc3ccc(N4CCN(C5CN(C6CN(c7ccc8c(c7)C(=O)N(C7CCC(=O)NC7=O)C8=O)C6)C5)CC4)cn3)ncn2)ccc1[C@@H](C)NC(=O)c1nc(C(C)(C)C)no1. The van der Waals surface area contributed by atoms with E-state index in [9.17, 15) is 24.0 Å². The fourth-order valence-electron chi connectivity index (χ4n) is 9.55. The van der Waals surface area contributed by atoms with Crippen molar-refractivity contribution in [2.24, 2.45) is 0 Å². The van der Waals surface area contributed by atoms with Crippen molar-refractivity contribution in [3.05, 3.63) is 101 Å². The van der Waals surface area contributed by atoms with Crippen LogP contribution in [0.5, 0.6) is 0 Å². The summed E-state index contributed by atoms with van der Waals surface area (Å²) in [5.74, 6) is -0.672. The molecule has 5 aromatic rings. The van der Waals surface area contributed by atoms with Gasteiger partial charge in [0.05, 0.1) is 34.7 Å². The molecule has 0 saturated carbocycles. The fourth-order valence-corrected chi connectivity index (χ4v) is 9.55. The number of carbonyl (C=O) groups excluding carboxylic acids is 5. The van der Waals surface area contributed by atoms with Gasteiger partial charge in [0.1, 0.15) is 24.0 Å². The van der Waals surface area contributed by atoms with Crippen molar-refractivity contribution >= 4 is 52.5 Å². The molecule has 3 N–H and O–H groups in total. The summed E-state index contributed by atoms with van der Waals surface area (Å²) in [6.07, 6.45) is 3.66. The van der Waals surface area contributed by atoms with E-state index in [-0.39, 0.29) is 30.2 Å². The second-order valence-corrected chi connectivity index (χ2v) is 19.1. The molecule has 8 heterocycles. The Kier molecular flexibility index (Phi) is 11.3. The molecule has 4 saturated heterocycles. The van der Waals surface area contributed by atoms with Crippen LogP contribution in [0.3, 0.4) is 0 Å². The third-order valence-electron chi connectivity index (χ3n) is 13.6. The lowest BCUT2D eigenvalue weighted by Gasteiger charge is -2.55. The maximum Gasteiger partial charge on any atom is 0.315 e. The molecule has 5 aliphatic heterocycles. The highest BCUT2D eigenvalue weighted by atomic mass is 16.5. The normalized spacial score (nSPS) is 20.1. The highest BCUT2D eigenvalue weighted by Gasteiger charge is 2.46. The van der Waals surface area contributed by atoms with E-state index in [0.717, 1.165) is 91.0 Å². The van der Waals surface area contributed by atoms with Crippen LogP contribution in [0.25, 0.3) is 11.3 Å². The Bertz CT molecular complexity index is 2770. The molecule has 1 unspecified atom stereocenters. The molecule has 0 aliphatic carbocycles. The lowest BCUT2D eigenvalue weighted by molar-refractivity contribution is -0.136. The Labute approximate surface area is 387 Å². The van der Waals surface area contributed by atoms with Crippen molar-refractivity contribution in [1.82, 2.24) is 50.4 Å². The molecule has 346 valence electrons. The highest BCUT2D eigenvalue weighted by molar-refractivity contribution is 6.23. The van der Waals surface area contributed by atoms with Gasteiger partial charge in [-0.3, -0.25) is 44.0 Å². The van der Waals surface area contributed by atoms with Gasteiger partial charge in [0.25, 0.3) is 11.8 Å². The molecule has 2 aromatic carbocycles. The summed E-state index contributed by atoms with van der Waals surface area (Å²) in [6, 6.07) is 17.0. The molecule has 19 heteroatoms. The highest BCUT2D eigenvalue weighted by Crippen LogP contribution is 2.34. The van der Waals surface area contributed by atoms with Crippen molar-refractivity contribution < 1.29 is 28.5 Å². The predicted molar refractivity (Wildman–Crippen MR) is 247 cm³/mol. The number of anilines is 4. The van der Waals surface area contributed by atoms with Crippen molar-refractivity contribution in [1.29, 1.82) is 0 Å². The Balaban J connectivity index is 0.667. The Morgan fingerprint density at radius 1 is 0.806 bits per heavy atom. The second kappa shape index (κ2) is 17.3. The number of aromatic nitrogens is 5. The van der Waals surface area contributed by atoms with E-state index in [0.29, 0.717) is 40.7 Å². The number of pyridine rings is 1. The smallest absolute Gasteiger partial charge is 0.315 e. The average Bonchev–Trinajstić information content (AvgIpc) is 3.88. The first-order valence-electron chi connectivity index (χ1n) is 22.8. The number of rotatable bonds is 11. The van der Waals surface area contributed by atoms with Crippen molar-refractivity contribution in [2.75, 3.05) is 67.5 Å². The topological polar surface area (TPSA) is 215 Å². The number of benzene rings is 2. The summed E-state index contributed by atoms with van der Waals surface area (Å²) in [5, 5.41) is 12.5. The molecular formula is C48H53N13O6. The largest absolute Gasteiger partial charge is 0.368 e. The van der Waals surface area contributed by atoms with Gasteiger partial charge in [-0.15, -0.1) is 0 Å². The molecule has 2 atom stereocenters. The number of nitrogens with one attached hydrogen (secondary N) is 3. The summed E-state index contributed by atoms with van der Waals surface area (Å²) in [5.41, 5.74) is 5.85. The van der Waals surface area contributed by atoms with E-state index in [1.807, 2.05) is 77.2 Å². The number of piperidine rings is 1. The molecule has 5 amide bonds. The van der Waals surface area contributed by atoms with Gasteiger partial charge >= 0.3 is 11.8 Å². The van der Waals surface area contributed by atoms with E-state index >= 15 is 0 Å². The van der Waals surface area contributed by atoms with Gasteiger partial charge in [-0.2, -0.15) is 4.98 Å². The minimum absolute atomic E-state index is 0.0602. The number of nitrogens with zero attached hydrogens (tertiary/aromatic N) is 10. The maximum absolute atomic E-state index is 13.3. The van der Waals surface area contributed by atoms with Crippen LogP contribution in [0, 0.1) is 6.92 Å². The van der Waals surface area contributed by atoms with Crippen LogP contribution in [0.2, 0.25) is 0 Å². The second-order valence-electron chi connectivity index (χ2n) is 19.1. The zero-order valence-corrected chi connectivity index (χ0v) is 38.2. The van der Waals surface area contributed by atoms with Gasteiger partial charge in [0, 0.05) is 93.6 Å². The van der Waals surface area contributed by atoms with Crippen LogP contribution in [0.4, 0.5) is 23.0 Å². The number of amides is 5. The summed E-state index contributed by atoms with van der Waals surface area (Å²) in [4.78, 5) is 92.1. The fraction of sp³-hybridized carbons (Fsp3) is 0.417. The zero-order chi connectivity index (χ0) is 46.7. The van der Waals surface area contributed by atoms with Gasteiger partial charge in [-0.1, -0.05) is 38.1 Å². The number of imide groups is 2. The van der Waals surface area contributed by atoms with E-state index < -0.39 is 35.6 Å². The lowest BCUT2D eigenvalue weighted by Crippen LogP contribution is -2.71. The summed E-state index contributed by atoms with van der Waals surface area (Å²) < 4.78 is 5.22. The third-order valence-corrected chi connectivity index (χ3v) is 13.6. The number of hydrogen-bond acceptors (Lipinski definition) is 16. The summed E-state index contributed by atoms with van der Waals surface area (Å²) in [6.45, 7) is 17.3. The van der Waals surface area contributed by atoms with Crippen LogP contribution < -0.4 is 25.8 Å². The molecule has 67 heavy (non-hydrogen) atoms. The zero-order valence-electron chi connectivity index (χ0n) is 38.2. The van der Waals surface area contributed by atoms with Crippen LogP contribution in [-0.2, 0) is 15.0 Å². The average molecular weight is 908 g/mol. The monoisotopic (exact) mass is 907 g/mol. The molecule has 3 aromatic heterocycles. The van der Waals surface area contributed by atoms with Crippen LogP contribution in [-0.4, -0.2) is 140 Å². The maximum atomic E-state index is 13.3. The van der Waals surface area contributed by atoms with E-state index in [1.54, 1.807) is 12.1 Å². The minimum atomic E-state index is -0.972. The van der Waals surface area contributed by atoms with Gasteiger partial charge in [0.2, 0.25) is 11.8 Å². The minimum Gasteiger partial charge on any atom is -0.368 e. The van der Waals surface area contributed by atoms with Gasteiger partial charge in [0.15, 0.2) is 5.82 Å². The first kappa shape index (κ1) is 43.8. The van der Waals surface area contributed by atoms with Crippen molar-refractivity contribution in [2.45, 2.75) is 77.0 Å². The number of likely N-dealkylation sites (tertiary alicyclic amines) is 1. The number of aryl methyl sites for hydroxylation is 1. The third kappa shape index (κ3) is 8.59. The molecule has 19 nitrogen and oxygen atoms in total. The Morgan fingerprint density at radius 2 is 1.55 bits per heavy atom. The van der Waals surface area contributed by atoms with Gasteiger partial charge in [-0.25, -0.2) is 15.0 Å². The van der Waals surface area contributed by atoms with Gasteiger partial charge in [-0.05, 0) is 67.8 Å². The molecule has 0 spiro atoms. The predicted octanol–water partition coefficient (Wildman–Crippen LogP) is 3.86. The number of piperazine rings is 1. The van der Waals surface area contributed by atoms with E-state index in [4.69, 9.17) is 9.51 Å². The molecule has 5 aliphatic rings. The van der Waals surface area contributed by atoms with Crippen molar-refractivity contribution in [3.8, 4) is 11.3 Å². The van der Waals surface area contributed by atoms with Gasteiger partial charge < -0.3 is 25.0 Å². The van der Waals surface area contributed by atoms with Crippen LogP contribution in [0.15, 0.2) is 71.6 Å². The summed E-state index contributed by atoms with van der Waals surface area (Å²) >= 11 is 0. The van der Waals surface area contributed by atoms with Crippen LogP contribution in [0.1, 0.15) is 94.9 Å². The Hall–Kier alpha value is -7.12. The van der Waals surface area contributed by atoms with Crippen LogP contribution >= 0.6 is 0 Å². The molecular weight excluding hydrogens is 855 g/mol. The molecule has 4 fully saturated rings. The van der Waals surface area contributed by atoms with Crippen molar-refractivity contribution in [3.63, 3.8) is 0 Å². The number of fused-ring (bicyclic) bond motifs is 1. The van der Waals surface area contributed by atoms with E-state index in [2.05, 4.69) is 61.7 Å². The molecule has 10 rings (SSSR count). The number of carbonyl (C=O) groups is 5. The number of hydrogen-bond donors (Lipinski definition) is 3. The standard InChI is InChI=1S/C48H53N13O6/c1-27-18-29(6-9-34(27)28(2)52-43(64)44-55-47(56-67-44)48(3,4)5)37-20-40(51-26-50-37)53-39-12-8-31(21-49-39)57-14-16-58(17-15-57)32-22-60(23-32)33-24-59(25-33)30-7-10-35-36(19-30)46(66)61(45(35)65)38-11-13-41(62)54-42(38)63/h6-10,12,18-21,26,28,32-33,38H,11,13-17,22-25H2,1-5H3,(H,52,64)(H,54,62,63)(H,49,50,51,53)/t28-,38?/m1/s1. The Morgan fingerprint density at radius 3 is 2.25 bits per heavy atom. The lowest BCUT2D eigenvalue weighted by atomic mass is 9.96. The first-order valence-corrected chi connectivity index (χ1v) is 22.8. The quantitative estimate of drug-likeness (QED) is 0.161.